The van der Waals surface area contributed by atoms with Crippen LogP contribution in [-0.4, -0.2) is 42.8 Å². The molecule has 1 aromatic carbocycles. The molecule has 162 valence electrons. The number of carbonyl (C=O) groups excluding carboxylic acids is 1. The van der Waals surface area contributed by atoms with E-state index >= 15 is 0 Å². The van der Waals surface area contributed by atoms with E-state index in [0.29, 0.717) is 24.6 Å². The van der Waals surface area contributed by atoms with Crippen LogP contribution in [0.15, 0.2) is 41.4 Å². The van der Waals surface area contributed by atoms with Gasteiger partial charge in [0, 0.05) is 36.5 Å². The topological polar surface area (TPSA) is 88.6 Å². The number of ether oxygens (including phenoxy) is 1. The summed E-state index contributed by atoms with van der Waals surface area (Å²) in [5, 5.41) is 2.85. The van der Waals surface area contributed by atoms with Gasteiger partial charge in [-0.3, -0.25) is 4.79 Å². The number of hydrogen-bond acceptors (Lipinski definition) is 5. The van der Waals surface area contributed by atoms with Crippen molar-refractivity contribution in [2.75, 3.05) is 13.2 Å². The minimum absolute atomic E-state index is 0.0371. The van der Waals surface area contributed by atoms with Gasteiger partial charge in [0.1, 0.15) is 0 Å². The first-order chi connectivity index (χ1) is 14.3. The largest absolute Gasteiger partial charge is 0.478 e. The van der Waals surface area contributed by atoms with Gasteiger partial charge in [0.05, 0.1) is 11.5 Å². The van der Waals surface area contributed by atoms with Crippen molar-refractivity contribution in [3.63, 3.8) is 0 Å². The minimum Gasteiger partial charge on any atom is -0.478 e. The molecular weight excluding hydrogens is 402 g/mol. The van der Waals surface area contributed by atoms with Gasteiger partial charge in [-0.15, -0.1) is 0 Å². The summed E-state index contributed by atoms with van der Waals surface area (Å²) in [4.78, 5) is 17.2. The van der Waals surface area contributed by atoms with E-state index in [2.05, 4.69) is 10.3 Å². The molecule has 0 bridgehead atoms. The lowest BCUT2D eigenvalue weighted by molar-refractivity contribution is 0.0949. The van der Waals surface area contributed by atoms with E-state index in [4.69, 9.17) is 4.74 Å². The molecule has 0 saturated carbocycles. The smallest absolute Gasteiger partial charge is 0.251 e. The molecular formula is C22H29N3O4S. The zero-order chi connectivity index (χ0) is 21.7. The van der Waals surface area contributed by atoms with Crippen LogP contribution in [0.25, 0.3) is 0 Å². The van der Waals surface area contributed by atoms with Crippen molar-refractivity contribution in [1.29, 1.82) is 0 Å². The number of nitrogens with one attached hydrogen (secondary N) is 1. The van der Waals surface area contributed by atoms with Gasteiger partial charge in [0.2, 0.25) is 15.9 Å². The first-order valence-electron chi connectivity index (χ1n) is 10.3. The molecule has 2 aromatic rings. The summed E-state index contributed by atoms with van der Waals surface area (Å²) in [5.41, 5.74) is 1.83. The molecule has 1 N–H and O–H groups in total. The van der Waals surface area contributed by atoms with Gasteiger partial charge in [-0.05, 0) is 57.4 Å². The van der Waals surface area contributed by atoms with Crippen molar-refractivity contribution < 1.29 is 17.9 Å². The Kier molecular flexibility index (Phi) is 7.10. The second-order valence-electron chi connectivity index (χ2n) is 7.52. The van der Waals surface area contributed by atoms with Crippen LogP contribution >= 0.6 is 0 Å². The highest BCUT2D eigenvalue weighted by molar-refractivity contribution is 7.89. The number of pyridine rings is 1. The molecule has 1 saturated heterocycles. The average Bonchev–Trinajstić information content (AvgIpc) is 2.73. The van der Waals surface area contributed by atoms with Gasteiger partial charge >= 0.3 is 0 Å². The Morgan fingerprint density at radius 2 is 2.10 bits per heavy atom. The van der Waals surface area contributed by atoms with Crippen LogP contribution in [0.2, 0.25) is 0 Å². The van der Waals surface area contributed by atoms with Crippen LogP contribution in [0, 0.1) is 6.92 Å². The maximum atomic E-state index is 13.1. The fraction of sp³-hybridized carbons (Fsp3) is 0.455. The van der Waals surface area contributed by atoms with Crippen molar-refractivity contribution in [3.05, 3.63) is 53.2 Å². The number of hydrogen-bond donors (Lipinski definition) is 1. The monoisotopic (exact) mass is 431 g/mol. The normalized spacial score (nSPS) is 17.5. The number of rotatable bonds is 7. The SMILES string of the molecule is CCOc1ncccc1CNC(=O)c1cc(S(=O)(=O)N2CCCCC2C)ccc1C. The van der Waals surface area contributed by atoms with Gasteiger partial charge in [-0.1, -0.05) is 18.6 Å². The Hall–Kier alpha value is -2.45. The summed E-state index contributed by atoms with van der Waals surface area (Å²) >= 11 is 0. The van der Waals surface area contributed by atoms with E-state index in [1.54, 1.807) is 35.6 Å². The lowest BCUT2D eigenvalue weighted by Crippen LogP contribution is -2.42. The summed E-state index contributed by atoms with van der Waals surface area (Å²) in [6.45, 7) is 6.83. The predicted molar refractivity (Wildman–Crippen MR) is 115 cm³/mol. The van der Waals surface area contributed by atoms with E-state index in [1.165, 1.54) is 6.07 Å². The van der Waals surface area contributed by atoms with Crippen LogP contribution < -0.4 is 10.1 Å². The Bertz CT molecular complexity index is 1010. The summed E-state index contributed by atoms with van der Waals surface area (Å²) in [6.07, 6.45) is 4.38. The third kappa shape index (κ3) is 4.82. The first kappa shape index (κ1) is 22.2. The number of benzene rings is 1. The number of carbonyl (C=O) groups is 1. The van der Waals surface area contributed by atoms with Crippen LogP contribution in [0.5, 0.6) is 5.88 Å². The number of aryl methyl sites for hydroxylation is 1. The van der Waals surface area contributed by atoms with Gasteiger partial charge in [0.15, 0.2) is 0 Å². The second-order valence-corrected chi connectivity index (χ2v) is 9.41. The van der Waals surface area contributed by atoms with Crippen LogP contribution in [-0.2, 0) is 16.6 Å². The Morgan fingerprint density at radius 1 is 1.30 bits per heavy atom. The van der Waals surface area contributed by atoms with Gasteiger partial charge < -0.3 is 10.1 Å². The quantitative estimate of drug-likeness (QED) is 0.727. The number of nitrogens with zero attached hydrogens (tertiary/aromatic N) is 2. The zero-order valence-electron chi connectivity index (χ0n) is 17.7. The molecule has 1 aliphatic heterocycles. The molecule has 3 rings (SSSR count). The predicted octanol–water partition coefficient (Wildman–Crippen LogP) is 3.28. The lowest BCUT2D eigenvalue weighted by atomic mass is 10.1. The number of amides is 1. The van der Waals surface area contributed by atoms with E-state index in [-0.39, 0.29) is 23.4 Å². The molecule has 1 atom stereocenters. The molecule has 0 spiro atoms. The molecule has 1 unspecified atom stereocenters. The highest BCUT2D eigenvalue weighted by Gasteiger charge is 2.31. The maximum absolute atomic E-state index is 13.1. The van der Waals surface area contributed by atoms with Crippen molar-refractivity contribution in [1.82, 2.24) is 14.6 Å². The molecule has 1 aliphatic rings. The molecule has 1 fully saturated rings. The van der Waals surface area contributed by atoms with Crippen molar-refractivity contribution >= 4 is 15.9 Å². The summed E-state index contributed by atoms with van der Waals surface area (Å²) in [5.74, 6) is 0.148. The second kappa shape index (κ2) is 9.57. The maximum Gasteiger partial charge on any atom is 0.251 e. The van der Waals surface area contributed by atoms with E-state index in [1.807, 2.05) is 19.9 Å². The van der Waals surface area contributed by atoms with E-state index in [9.17, 15) is 13.2 Å². The highest BCUT2D eigenvalue weighted by atomic mass is 32.2. The molecule has 0 aliphatic carbocycles. The van der Waals surface area contributed by atoms with E-state index in [0.717, 1.165) is 30.4 Å². The van der Waals surface area contributed by atoms with Crippen LogP contribution in [0.4, 0.5) is 0 Å². The number of aromatic nitrogens is 1. The summed E-state index contributed by atoms with van der Waals surface area (Å²) in [6, 6.07) is 8.33. The third-order valence-electron chi connectivity index (χ3n) is 5.37. The fourth-order valence-electron chi connectivity index (χ4n) is 3.67. The molecule has 1 amide bonds. The van der Waals surface area contributed by atoms with Crippen molar-refractivity contribution in [3.8, 4) is 5.88 Å². The summed E-state index contributed by atoms with van der Waals surface area (Å²) < 4.78 is 33.3. The Morgan fingerprint density at radius 3 is 2.83 bits per heavy atom. The van der Waals surface area contributed by atoms with Gasteiger partial charge in [-0.25, -0.2) is 13.4 Å². The summed E-state index contributed by atoms with van der Waals surface area (Å²) in [7, 11) is -3.64. The Labute approximate surface area is 178 Å². The molecule has 0 radical (unpaired) electrons. The molecule has 1 aromatic heterocycles. The molecule has 8 heteroatoms. The van der Waals surface area contributed by atoms with Crippen molar-refractivity contribution in [2.45, 2.75) is 57.5 Å². The van der Waals surface area contributed by atoms with Gasteiger partial charge in [-0.2, -0.15) is 4.31 Å². The van der Waals surface area contributed by atoms with Crippen molar-refractivity contribution in [2.24, 2.45) is 0 Å². The standard InChI is InChI=1S/C22H29N3O4S/c1-4-29-22-18(9-7-12-23-22)15-24-21(26)20-14-19(11-10-16(20)2)30(27,28)25-13-6-5-8-17(25)3/h7,9-12,14,17H,4-6,8,13,15H2,1-3H3,(H,24,26). The Balaban J connectivity index is 1.80. The van der Waals surface area contributed by atoms with Crippen LogP contribution in [0.3, 0.4) is 0 Å². The zero-order valence-corrected chi connectivity index (χ0v) is 18.5. The third-order valence-corrected chi connectivity index (χ3v) is 7.38. The van der Waals surface area contributed by atoms with E-state index < -0.39 is 10.0 Å². The fourth-order valence-corrected chi connectivity index (χ4v) is 5.39. The van der Waals surface area contributed by atoms with Gasteiger partial charge in [0.25, 0.3) is 5.91 Å². The molecule has 2 heterocycles. The van der Waals surface area contributed by atoms with Crippen LogP contribution in [0.1, 0.15) is 54.6 Å². The lowest BCUT2D eigenvalue weighted by Gasteiger charge is -2.32. The first-order valence-corrected chi connectivity index (χ1v) is 11.8. The number of sulfonamides is 1. The molecule has 7 nitrogen and oxygen atoms in total. The number of piperidine rings is 1. The highest BCUT2D eigenvalue weighted by Crippen LogP contribution is 2.26. The average molecular weight is 432 g/mol. The minimum atomic E-state index is -3.64. The molecule has 30 heavy (non-hydrogen) atoms.